The molecule has 5 rings (SSSR count). The molecule has 12 nitrogen and oxygen atoms in total. The van der Waals surface area contributed by atoms with Gasteiger partial charge in [0.15, 0.2) is 11.0 Å². The number of halogens is 2. The van der Waals surface area contributed by atoms with Gasteiger partial charge in [-0.1, -0.05) is 24.1 Å². The lowest BCUT2D eigenvalue weighted by atomic mass is 10.0. The molecule has 236 valence electrons. The van der Waals surface area contributed by atoms with E-state index in [1.807, 2.05) is 0 Å². The highest BCUT2D eigenvalue weighted by atomic mass is 31.1. The number of nitrogens with zero attached hydrogens (tertiary/aromatic N) is 2. The summed E-state index contributed by atoms with van der Waals surface area (Å²) in [6.07, 6.45) is 1.69. The predicted octanol–water partition coefficient (Wildman–Crippen LogP) is 3.08. The number of carbonyl (C=O) groups excluding carboxylic acids is 4. The molecule has 4 N–H and O–H groups in total. The number of amides is 2. The molecule has 2 amide bonds. The number of methoxy groups -OCH3 is 2. The zero-order chi connectivity index (χ0) is 32.8. The van der Waals surface area contributed by atoms with Crippen LogP contribution in [0.1, 0.15) is 28.8 Å². The summed E-state index contributed by atoms with van der Waals surface area (Å²) >= 11 is 0. The first-order valence-electron chi connectivity index (χ1n) is 13.6. The van der Waals surface area contributed by atoms with Crippen LogP contribution in [0.2, 0.25) is 0 Å². The summed E-state index contributed by atoms with van der Waals surface area (Å²) in [5.74, 6) is 2.43. The molecule has 0 saturated carbocycles. The van der Waals surface area contributed by atoms with Crippen LogP contribution in [0.25, 0.3) is 22.4 Å². The number of alkyl halides is 2. The molecule has 0 saturated heterocycles. The Kier molecular flexibility index (Phi) is 9.85. The van der Waals surface area contributed by atoms with Crippen molar-refractivity contribution in [2.45, 2.75) is 12.3 Å². The molecule has 0 bridgehead atoms. The first-order valence-corrected chi connectivity index (χ1v) is 15.6. The van der Waals surface area contributed by atoms with E-state index in [-0.39, 0.29) is 58.8 Å². The maximum Gasteiger partial charge on any atom is 0.407 e. The number of alkyl carbamates (subject to hydrolysis) is 2. The highest BCUT2D eigenvalue weighted by Gasteiger charge is 2.44. The van der Waals surface area contributed by atoms with E-state index in [0.29, 0.717) is 44.8 Å². The van der Waals surface area contributed by atoms with E-state index in [0.717, 1.165) is 0 Å². The fourth-order valence-corrected chi connectivity index (χ4v) is 6.14. The monoisotopic (exact) mass is 666 g/mol. The first kappa shape index (κ1) is 32.4. The number of hydrogen-bond acceptors (Lipinski definition) is 8. The van der Waals surface area contributed by atoms with Crippen LogP contribution < -0.4 is 21.8 Å². The van der Waals surface area contributed by atoms with Crippen LogP contribution in [0.4, 0.5) is 18.4 Å². The molecular weight excluding hydrogens is 640 g/mol. The maximum atomic E-state index is 15.8. The van der Waals surface area contributed by atoms with Gasteiger partial charge in [-0.05, 0) is 35.2 Å². The molecule has 0 spiro atoms. The van der Waals surface area contributed by atoms with E-state index < -0.39 is 18.1 Å². The number of hydrogen-bond donors (Lipinski definition) is 4. The van der Waals surface area contributed by atoms with Crippen molar-refractivity contribution >= 4 is 51.5 Å². The summed E-state index contributed by atoms with van der Waals surface area (Å²) in [6.45, 7) is -0.0748. The largest absolute Gasteiger partial charge is 0.453 e. The third-order valence-electron chi connectivity index (χ3n) is 6.71. The highest BCUT2D eigenvalue weighted by molar-refractivity contribution is 7.65. The Labute approximate surface area is 264 Å². The van der Waals surface area contributed by atoms with Gasteiger partial charge in [-0.15, -0.1) is 0 Å². The van der Waals surface area contributed by atoms with E-state index in [9.17, 15) is 19.2 Å². The van der Waals surface area contributed by atoms with Crippen molar-refractivity contribution < 1.29 is 37.4 Å². The molecule has 46 heavy (non-hydrogen) atoms. The van der Waals surface area contributed by atoms with Gasteiger partial charge in [-0.3, -0.25) is 9.59 Å². The van der Waals surface area contributed by atoms with Crippen molar-refractivity contribution in [3.8, 4) is 34.2 Å². The van der Waals surface area contributed by atoms with Crippen molar-refractivity contribution in [3.05, 3.63) is 71.2 Å². The molecule has 4 aromatic rings. The summed E-state index contributed by atoms with van der Waals surface area (Å²) < 4.78 is 40.4. The Morgan fingerprint density at radius 3 is 2.26 bits per heavy atom. The van der Waals surface area contributed by atoms with Crippen molar-refractivity contribution in [2.75, 3.05) is 27.3 Å². The van der Waals surface area contributed by atoms with Gasteiger partial charge >= 0.3 is 12.2 Å². The van der Waals surface area contributed by atoms with E-state index in [4.69, 9.17) is 0 Å². The average Bonchev–Trinajstić information content (AvgIpc) is 3.76. The molecule has 2 atom stereocenters. The number of carbonyl (C=O) groups is 4. The Morgan fingerprint density at radius 2 is 1.50 bits per heavy atom. The van der Waals surface area contributed by atoms with Crippen molar-refractivity contribution in [3.63, 3.8) is 0 Å². The maximum absolute atomic E-state index is 15.8. The fourth-order valence-electron chi connectivity index (χ4n) is 4.53. The van der Waals surface area contributed by atoms with Crippen molar-refractivity contribution in [2.24, 2.45) is 0 Å². The van der Waals surface area contributed by atoms with Gasteiger partial charge in [0.25, 0.3) is 5.92 Å². The van der Waals surface area contributed by atoms with Gasteiger partial charge in [-0.25, -0.2) is 19.6 Å². The normalized spacial score (nSPS) is 12.8. The second-order valence-corrected chi connectivity index (χ2v) is 12.3. The number of H-pyrrole nitrogens is 2. The van der Waals surface area contributed by atoms with Gasteiger partial charge in [0.1, 0.15) is 16.8 Å². The molecule has 0 fully saturated rings. The summed E-state index contributed by atoms with van der Waals surface area (Å²) in [7, 11) is 1.79. The van der Waals surface area contributed by atoms with Crippen LogP contribution in [0.3, 0.4) is 0 Å². The number of aromatic nitrogens is 4. The topological polar surface area (TPSA) is 168 Å². The molecule has 2 unspecified atom stereocenters. The summed E-state index contributed by atoms with van der Waals surface area (Å²) in [5.41, 5.74) is 2.61. The number of rotatable bonds is 10. The number of fused-ring (bicyclic) bond motifs is 3. The van der Waals surface area contributed by atoms with Gasteiger partial charge < -0.3 is 30.1 Å². The quantitative estimate of drug-likeness (QED) is 0.148. The first-order chi connectivity index (χ1) is 22.1. The summed E-state index contributed by atoms with van der Waals surface area (Å²) in [4.78, 5) is 60.8. The highest BCUT2D eigenvalue weighted by Crippen LogP contribution is 2.52. The van der Waals surface area contributed by atoms with Crippen LogP contribution in [0, 0.1) is 11.8 Å². The standard InChI is InChI=1S/C30H26F2N6O6P2/c1-43-28(41)33-10-9-24(39)45-27-35-14-23(38-27)17-5-8-20-19-7-4-16(11-21(19)30(31,32)22(20)12-17)3-6-18-13-34-26(37-18)46-25(40)15-36-29(42)44-2/h4-5,7-8,11-14,45-46H,9-10,15H2,1-2H3,(H,33,41)(H,34,37)(H,35,38)(H,36,42). The number of imidazole rings is 2. The lowest BCUT2D eigenvalue weighted by Crippen LogP contribution is -2.28. The third-order valence-corrected chi connectivity index (χ3v) is 8.68. The average molecular weight is 667 g/mol. The van der Waals surface area contributed by atoms with Gasteiger partial charge in [-0.2, -0.15) is 8.78 Å². The molecular formula is C30H26F2N6O6P2. The number of aromatic amines is 2. The molecule has 2 heterocycles. The Morgan fingerprint density at radius 1 is 0.848 bits per heavy atom. The summed E-state index contributed by atoms with van der Waals surface area (Å²) in [6, 6.07) is 9.40. The Bertz CT molecular complexity index is 1900. The molecule has 0 radical (unpaired) electrons. The minimum atomic E-state index is -3.29. The predicted molar refractivity (Wildman–Crippen MR) is 168 cm³/mol. The fraction of sp³-hybridized carbons (Fsp3) is 0.200. The second-order valence-electron chi connectivity index (χ2n) is 9.75. The SMILES string of the molecule is COC(=O)NCCC(=O)Pc1ncc(-c2ccc3c(c2)C(F)(F)c2cc(C#Cc4cnc(PC(=O)CNC(=O)OC)[nH]4)ccc2-3)[nH]1. The zero-order valence-electron chi connectivity index (χ0n) is 24.3. The molecule has 0 aliphatic heterocycles. The van der Waals surface area contributed by atoms with Gasteiger partial charge in [0.05, 0.1) is 38.9 Å². The van der Waals surface area contributed by atoms with Crippen LogP contribution in [0.15, 0.2) is 48.8 Å². The lowest BCUT2D eigenvalue weighted by molar-refractivity contribution is -0.111. The van der Waals surface area contributed by atoms with Crippen LogP contribution >= 0.6 is 17.2 Å². The molecule has 2 aromatic carbocycles. The zero-order valence-corrected chi connectivity index (χ0v) is 26.3. The van der Waals surface area contributed by atoms with Crippen LogP contribution in [0.5, 0.6) is 0 Å². The number of benzene rings is 2. The lowest BCUT2D eigenvalue weighted by Gasteiger charge is -2.13. The van der Waals surface area contributed by atoms with Gasteiger partial charge in [0.2, 0.25) is 0 Å². The Balaban J connectivity index is 1.26. The van der Waals surface area contributed by atoms with Crippen LogP contribution in [-0.4, -0.2) is 70.5 Å². The van der Waals surface area contributed by atoms with E-state index in [1.54, 1.807) is 24.3 Å². The number of nitrogens with one attached hydrogen (secondary N) is 4. The van der Waals surface area contributed by atoms with Crippen molar-refractivity contribution in [1.82, 2.24) is 30.6 Å². The minimum absolute atomic E-state index is 0.0984. The van der Waals surface area contributed by atoms with Crippen LogP contribution in [-0.2, 0) is 25.0 Å². The van der Waals surface area contributed by atoms with E-state index in [1.165, 1.54) is 38.7 Å². The van der Waals surface area contributed by atoms with E-state index in [2.05, 4.69) is 51.9 Å². The molecule has 16 heteroatoms. The smallest absolute Gasteiger partial charge is 0.407 e. The molecule has 1 aliphatic rings. The van der Waals surface area contributed by atoms with Gasteiger partial charge in [0, 0.05) is 52.4 Å². The Hall–Kier alpha value is -4.98. The number of ether oxygens (including phenoxy) is 2. The third kappa shape index (κ3) is 7.45. The van der Waals surface area contributed by atoms with E-state index >= 15 is 8.78 Å². The minimum Gasteiger partial charge on any atom is -0.453 e. The summed E-state index contributed by atoms with van der Waals surface area (Å²) in [5, 5.41) is 4.74. The second kappa shape index (κ2) is 14.0. The van der Waals surface area contributed by atoms with Crippen molar-refractivity contribution in [1.29, 1.82) is 0 Å². The molecule has 1 aliphatic carbocycles. The molecule has 2 aromatic heterocycles.